The Morgan fingerprint density at radius 3 is 2.57 bits per heavy atom. The molecule has 0 saturated carbocycles. The van der Waals surface area contributed by atoms with E-state index >= 15 is 0 Å². The van der Waals surface area contributed by atoms with Gasteiger partial charge in [0.25, 0.3) is 5.56 Å². The maximum absolute atomic E-state index is 14.7. The van der Waals surface area contributed by atoms with Crippen LogP contribution < -0.4 is 16.0 Å². The van der Waals surface area contributed by atoms with Crippen molar-refractivity contribution in [1.29, 1.82) is 0 Å². The van der Waals surface area contributed by atoms with E-state index in [0.29, 0.717) is 23.5 Å². The van der Waals surface area contributed by atoms with E-state index in [1.807, 2.05) is 0 Å². The predicted octanol–water partition coefficient (Wildman–Crippen LogP) is 5.14. The zero-order valence-corrected chi connectivity index (χ0v) is 21.9. The number of anilines is 1. The average molecular weight is 531 g/mol. The van der Waals surface area contributed by atoms with Crippen molar-refractivity contribution in [3.05, 3.63) is 87.9 Å². The lowest BCUT2D eigenvalue weighted by Gasteiger charge is -2.16. The first-order chi connectivity index (χ1) is 17.5. The van der Waals surface area contributed by atoms with Gasteiger partial charge in [-0.25, -0.2) is 18.2 Å². The second kappa shape index (κ2) is 10.8. The zero-order chi connectivity index (χ0) is 26.7. The molecule has 37 heavy (non-hydrogen) atoms. The number of nitrogen functional groups attached to an aromatic ring is 1. The molecular weight excluding hydrogens is 501 g/mol. The summed E-state index contributed by atoms with van der Waals surface area (Å²) in [6.07, 6.45) is 1.59. The second-order valence-corrected chi connectivity index (χ2v) is 15.6. The van der Waals surface area contributed by atoms with Crippen molar-refractivity contribution in [1.82, 2.24) is 14.1 Å². The van der Waals surface area contributed by atoms with E-state index in [1.54, 1.807) is 16.8 Å². The number of aromatic nitrogens is 3. The van der Waals surface area contributed by atoms with Crippen LogP contribution in [0.15, 0.2) is 53.5 Å². The summed E-state index contributed by atoms with van der Waals surface area (Å²) in [5.41, 5.74) is 6.32. The molecule has 2 N–H and O–H groups in total. The topological polar surface area (TPSA) is 84.3 Å². The fourth-order valence-electron chi connectivity index (χ4n) is 3.74. The fourth-order valence-corrected chi connectivity index (χ4v) is 4.50. The molecule has 2 aromatic heterocycles. The minimum atomic E-state index is -1.33. The van der Waals surface area contributed by atoms with Gasteiger partial charge < -0.3 is 24.3 Å². The Morgan fingerprint density at radius 1 is 1.05 bits per heavy atom. The lowest BCUT2D eigenvalue weighted by Crippen LogP contribution is -2.24. The summed E-state index contributed by atoms with van der Waals surface area (Å²) >= 11 is 0. The van der Waals surface area contributed by atoms with E-state index in [-0.39, 0.29) is 42.4 Å². The molecule has 7 nitrogen and oxygen atoms in total. The molecule has 2 aromatic carbocycles. The van der Waals surface area contributed by atoms with Gasteiger partial charge in [-0.2, -0.15) is 0 Å². The van der Waals surface area contributed by atoms with E-state index in [1.165, 1.54) is 22.8 Å². The Kier molecular flexibility index (Phi) is 7.74. The third kappa shape index (κ3) is 6.41. The number of halogens is 3. The molecule has 0 radical (unpaired) electrons. The highest BCUT2D eigenvalue weighted by Gasteiger charge is 2.19. The van der Waals surface area contributed by atoms with Crippen LogP contribution in [0, 0.1) is 17.5 Å². The number of hydrogen-bond donors (Lipinski definition) is 1. The number of ether oxygens (including phenoxy) is 2. The zero-order valence-electron chi connectivity index (χ0n) is 20.9. The molecule has 4 aromatic rings. The lowest BCUT2D eigenvalue weighted by molar-refractivity contribution is 0.0876. The number of nitrogens with zero attached hydrogens (tertiary/aromatic N) is 3. The quantitative estimate of drug-likeness (QED) is 0.227. The van der Waals surface area contributed by atoms with E-state index in [2.05, 4.69) is 24.6 Å². The van der Waals surface area contributed by atoms with Crippen LogP contribution in [0.5, 0.6) is 5.75 Å². The maximum Gasteiger partial charge on any atom is 0.274 e. The van der Waals surface area contributed by atoms with Gasteiger partial charge in [-0.1, -0.05) is 19.6 Å². The lowest BCUT2D eigenvalue weighted by atomic mass is 10.2. The largest absolute Gasteiger partial charge is 0.486 e. The summed E-state index contributed by atoms with van der Waals surface area (Å²) in [4.78, 5) is 17.2. The Bertz CT molecular complexity index is 1480. The van der Waals surface area contributed by atoms with Gasteiger partial charge in [0, 0.05) is 44.6 Å². The van der Waals surface area contributed by atoms with Crippen molar-refractivity contribution in [3.63, 3.8) is 0 Å². The van der Waals surface area contributed by atoms with Crippen LogP contribution in [0.3, 0.4) is 0 Å². The molecule has 0 amide bonds. The third-order valence-corrected chi connectivity index (χ3v) is 7.54. The normalized spacial score (nSPS) is 11.8. The molecule has 0 aliphatic carbocycles. The Hall–Kier alpha value is -3.57. The van der Waals surface area contributed by atoms with Crippen LogP contribution in [0.25, 0.3) is 11.0 Å². The van der Waals surface area contributed by atoms with E-state index in [4.69, 9.17) is 15.2 Å². The number of fused-ring (bicyclic) bond motifs is 1. The highest BCUT2D eigenvalue weighted by Crippen LogP contribution is 2.29. The number of nitrogens with two attached hydrogens (primary N) is 1. The minimum absolute atomic E-state index is 0.0591. The van der Waals surface area contributed by atoms with E-state index in [0.717, 1.165) is 24.2 Å². The van der Waals surface area contributed by atoms with Crippen LogP contribution in [-0.4, -0.2) is 28.8 Å². The van der Waals surface area contributed by atoms with Gasteiger partial charge >= 0.3 is 0 Å². The van der Waals surface area contributed by atoms with E-state index in [9.17, 15) is 18.0 Å². The summed E-state index contributed by atoms with van der Waals surface area (Å²) in [7, 11) is -1.33. The number of benzene rings is 2. The highest BCUT2D eigenvalue weighted by molar-refractivity contribution is 6.76. The minimum Gasteiger partial charge on any atom is -0.486 e. The van der Waals surface area contributed by atoms with Crippen molar-refractivity contribution in [3.8, 4) is 5.75 Å². The molecule has 4 rings (SSSR count). The second-order valence-electron chi connectivity index (χ2n) is 10.00. The van der Waals surface area contributed by atoms with Gasteiger partial charge in [-0.3, -0.25) is 4.79 Å². The van der Waals surface area contributed by atoms with Crippen molar-refractivity contribution < 1.29 is 22.6 Å². The smallest absolute Gasteiger partial charge is 0.274 e. The Balaban J connectivity index is 1.71. The maximum atomic E-state index is 14.7. The van der Waals surface area contributed by atoms with Gasteiger partial charge in [0.15, 0.2) is 5.75 Å². The van der Waals surface area contributed by atoms with E-state index < -0.39 is 25.5 Å². The summed E-state index contributed by atoms with van der Waals surface area (Å²) in [6.45, 7) is 7.13. The molecule has 0 spiro atoms. The molecule has 0 aliphatic heterocycles. The number of rotatable bonds is 10. The van der Waals surface area contributed by atoms with Gasteiger partial charge in [0.05, 0.1) is 17.7 Å². The van der Waals surface area contributed by atoms with Crippen LogP contribution in [-0.2, 0) is 24.6 Å². The first-order valence-electron chi connectivity index (χ1n) is 11.8. The first-order valence-corrected chi connectivity index (χ1v) is 15.5. The van der Waals surface area contributed by atoms with Crippen molar-refractivity contribution in [2.45, 2.75) is 45.6 Å². The molecule has 0 fully saturated rings. The molecule has 0 aliphatic rings. The monoisotopic (exact) mass is 530 g/mol. The molecule has 11 heteroatoms. The van der Waals surface area contributed by atoms with Crippen LogP contribution in [0.2, 0.25) is 25.7 Å². The summed E-state index contributed by atoms with van der Waals surface area (Å²) in [6, 6.07) is 9.71. The van der Waals surface area contributed by atoms with Crippen LogP contribution in [0.1, 0.15) is 11.4 Å². The predicted molar refractivity (Wildman–Crippen MR) is 139 cm³/mol. The molecular formula is C26H29F3N4O3Si. The molecule has 2 heterocycles. The molecule has 0 atom stereocenters. The summed E-state index contributed by atoms with van der Waals surface area (Å²) in [5.74, 6) is -1.54. The average Bonchev–Trinajstić information content (AvgIpc) is 3.15. The number of imidazole rings is 1. The van der Waals surface area contributed by atoms with Crippen LogP contribution in [0.4, 0.5) is 18.9 Å². The van der Waals surface area contributed by atoms with Crippen LogP contribution >= 0.6 is 0 Å². The fraction of sp³-hybridized carbons (Fsp3) is 0.308. The number of pyridine rings is 1. The van der Waals surface area contributed by atoms with Crippen molar-refractivity contribution in [2.24, 2.45) is 0 Å². The Morgan fingerprint density at radius 2 is 1.84 bits per heavy atom. The van der Waals surface area contributed by atoms with Gasteiger partial charge in [0.2, 0.25) is 0 Å². The van der Waals surface area contributed by atoms with Crippen molar-refractivity contribution >= 4 is 24.8 Å². The van der Waals surface area contributed by atoms with Gasteiger partial charge in [0.1, 0.15) is 42.1 Å². The van der Waals surface area contributed by atoms with Crippen molar-refractivity contribution in [2.75, 3.05) is 12.3 Å². The molecule has 196 valence electrons. The summed E-state index contributed by atoms with van der Waals surface area (Å²) in [5, 5.41) is 0. The first kappa shape index (κ1) is 26.5. The molecule has 0 saturated heterocycles. The SMILES string of the molecule is C[Si](C)(C)CCOCn1c(Cn2cccc(N)c2=O)nc2c(OCc3ccc(F)cc3F)cc(F)cc21. The third-order valence-electron chi connectivity index (χ3n) is 5.84. The highest BCUT2D eigenvalue weighted by atomic mass is 28.3. The standard InChI is InChI=1S/C26H29F3N4O3Si/c1-37(2,3)10-9-35-16-33-22-12-19(28)13-23(36-15-17-6-7-18(27)11-20(17)29)25(22)31-24(33)14-32-8-4-5-21(30)26(32)34/h4-8,11-13H,9-10,14-16,30H2,1-3H3. The molecule has 0 bridgehead atoms. The van der Waals surface area contributed by atoms with Gasteiger partial charge in [-0.05, 0) is 30.3 Å². The summed E-state index contributed by atoms with van der Waals surface area (Å²) < 4.78 is 56.8. The number of hydrogen-bond acceptors (Lipinski definition) is 5. The Labute approximate surface area is 213 Å². The molecule has 0 unspecified atom stereocenters. The van der Waals surface area contributed by atoms with Gasteiger partial charge in [-0.15, -0.1) is 0 Å².